The molecule has 0 saturated carbocycles. The minimum Gasteiger partial charge on any atom is -0.496 e. The predicted molar refractivity (Wildman–Crippen MR) is 96.0 cm³/mol. The summed E-state index contributed by atoms with van der Waals surface area (Å²) in [4.78, 5) is 14.5. The molecule has 1 aromatic carbocycles. The number of urea groups is 1. The third kappa shape index (κ3) is 4.67. The molecule has 8 heteroatoms. The molecule has 2 aromatic rings. The molecule has 1 atom stereocenters. The zero-order valence-corrected chi connectivity index (χ0v) is 15.2. The highest BCUT2D eigenvalue weighted by Crippen LogP contribution is 2.22. The average Bonchev–Trinajstić information content (AvgIpc) is 3.26. The van der Waals surface area contributed by atoms with Gasteiger partial charge in [-0.25, -0.2) is 4.79 Å². The Kier molecular flexibility index (Phi) is 5.83. The van der Waals surface area contributed by atoms with Gasteiger partial charge in [0.05, 0.1) is 19.8 Å². The molecule has 0 unspecified atom stereocenters. The molecule has 25 heavy (non-hydrogen) atoms. The Balaban J connectivity index is 1.74. The van der Waals surface area contributed by atoms with Gasteiger partial charge in [0.25, 0.3) is 0 Å². The Morgan fingerprint density at radius 3 is 2.96 bits per heavy atom. The maximum atomic E-state index is 12.8. The number of nitrogens with zero attached hydrogens (tertiary/aromatic N) is 3. The van der Waals surface area contributed by atoms with Gasteiger partial charge in [0.15, 0.2) is 0 Å². The lowest BCUT2D eigenvalue weighted by Gasteiger charge is -2.26. The van der Waals surface area contributed by atoms with E-state index in [1.165, 1.54) is 11.3 Å². The van der Waals surface area contributed by atoms with Crippen molar-refractivity contribution >= 4 is 22.5 Å². The average molecular weight is 362 g/mol. The number of para-hydroxylation sites is 1. The number of nitrogens with one attached hydrogen (secondary N) is 1. The molecule has 1 aliphatic rings. The highest BCUT2D eigenvalue weighted by Gasteiger charge is 2.24. The van der Waals surface area contributed by atoms with Gasteiger partial charge in [-0.1, -0.05) is 29.5 Å². The van der Waals surface area contributed by atoms with Gasteiger partial charge >= 0.3 is 6.03 Å². The van der Waals surface area contributed by atoms with E-state index in [2.05, 4.69) is 15.5 Å². The van der Waals surface area contributed by atoms with Crippen molar-refractivity contribution in [1.29, 1.82) is 0 Å². The van der Waals surface area contributed by atoms with Gasteiger partial charge in [-0.15, -0.1) is 10.2 Å². The Morgan fingerprint density at radius 1 is 1.44 bits per heavy atom. The molecule has 1 aliphatic heterocycles. The first-order valence-electron chi connectivity index (χ1n) is 8.25. The number of aryl methyl sites for hydroxylation is 1. The number of aromatic nitrogens is 2. The van der Waals surface area contributed by atoms with Crippen molar-refractivity contribution in [3.05, 3.63) is 34.8 Å². The highest BCUT2D eigenvalue weighted by molar-refractivity contribution is 7.15. The molecule has 7 nitrogen and oxygen atoms in total. The molecular weight excluding hydrogens is 340 g/mol. The summed E-state index contributed by atoms with van der Waals surface area (Å²) in [5, 5.41) is 12.0. The number of benzene rings is 1. The van der Waals surface area contributed by atoms with Gasteiger partial charge in [-0.3, -0.25) is 5.32 Å². The molecule has 3 rings (SSSR count). The van der Waals surface area contributed by atoms with Gasteiger partial charge in [-0.2, -0.15) is 0 Å². The summed E-state index contributed by atoms with van der Waals surface area (Å²) in [6.45, 7) is 3.58. The summed E-state index contributed by atoms with van der Waals surface area (Å²) in [6.07, 6.45) is 2.06. The van der Waals surface area contributed by atoms with Gasteiger partial charge in [0.2, 0.25) is 5.13 Å². The van der Waals surface area contributed by atoms with Crippen LogP contribution in [0.15, 0.2) is 24.3 Å². The molecule has 0 bridgehead atoms. The monoisotopic (exact) mass is 362 g/mol. The van der Waals surface area contributed by atoms with Crippen molar-refractivity contribution in [2.45, 2.75) is 32.4 Å². The maximum Gasteiger partial charge on any atom is 0.324 e. The number of carbonyl (C=O) groups excluding carboxylic acids is 1. The summed E-state index contributed by atoms with van der Waals surface area (Å²) in [7, 11) is 1.63. The van der Waals surface area contributed by atoms with Gasteiger partial charge < -0.3 is 14.4 Å². The fourth-order valence-corrected chi connectivity index (χ4v) is 3.39. The smallest absolute Gasteiger partial charge is 0.324 e. The van der Waals surface area contributed by atoms with E-state index >= 15 is 0 Å². The molecule has 2 amide bonds. The quantitative estimate of drug-likeness (QED) is 0.855. The van der Waals surface area contributed by atoms with E-state index in [1.54, 1.807) is 12.0 Å². The van der Waals surface area contributed by atoms with Crippen LogP contribution in [0.4, 0.5) is 9.93 Å². The summed E-state index contributed by atoms with van der Waals surface area (Å²) in [5.74, 6) is 0.763. The van der Waals surface area contributed by atoms with E-state index in [4.69, 9.17) is 9.47 Å². The third-order valence-electron chi connectivity index (χ3n) is 4.03. The number of methoxy groups -OCH3 is 1. The van der Waals surface area contributed by atoms with Crippen LogP contribution < -0.4 is 10.1 Å². The van der Waals surface area contributed by atoms with E-state index in [1.807, 2.05) is 31.2 Å². The first-order valence-corrected chi connectivity index (χ1v) is 9.07. The van der Waals surface area contributed by atoms with Crippen LogP contribution in [-0.4, -0.2) is 47.5 Å². The summed E-state index contributed by atoms with van der Waals surface area (Å²) < 4.78 is 11.1. The summed E-state index contributed by atoms with van der Waals surface area (Å²) in [5.41, 5.74) is 0.951. The zero-order valence-electron chi connectivity index (χ0n) is 14.4. The molecule has 1 aromatic heterocycles. The minimum atomic E-state index is -0.211. The molecule has 1 N–H and O–H groups in total. The second-order valence-corrected chi connectivity index (χ2v) is 7.07. The van der Waals surface area contributed by atoms with Crippen LogP contribution in [0.3, 0.4) is 0 Å². The van der Waals surface area contributed by atoms with Crippen molar-refractivity contribution in [3.8, 4) is 5.75 Å². The van der Waals surface area contributed by atoms with Crippen LogP contribution in [0.2, 0.25) is 0 Å². The van der Waals surface area contributed by atoms with E-state index in [-0.39, 0.29) is 12.1 Å². The fourth-order valence-electron chi connectivity index (χ4n) is 2.81. The van der Waals surface area contributed by atoms with Crippen molar-refractivity contribution < 1.29 is 14.3 Å². The molecule has 2 heterocycles. The second-order valence-electron chi connectivity index (χ2n) is 5.88. The SMILES string of the molecule is COc1ccccc1CN(C[C@H]1CCCO1)C(=O)Nc1nnc(C)s1. The van der Waals surface area contributed by atoms with Crippen LogP contribution in [0.1, 0.15) is 23.4 Å². The van der Waals surface area contributed by atoms with Crippen molar-refractivity contribution in [2.75, 3.05) is 25.6 Å². The van der Waals surface area contributed by atoms with Crippen LogP contribution in [0, 0.1) is 6.92 Å². The van der Waals surface area contributed by atoms with Crippen LogP contribution in [0.5, 0.6) is 5.75 Å². The topological polar surface area (TPSA) is 76.6 Å². The standard InChI is InChI=1S/C17H22N4O3S/c1-12-19-20-16(25-12)18-17(22)21(11-14-7-5-9-24-14)10-13-6-3-4-8-15(13)23-2/h3-4,6,8,14H,5,7,9-11H2,1-2H3,(H,18,20,22)/t14-/m1/s1. The minimum absolute atomic E-state index is 0.0663. The molecule has 1 saturated heterocycles. The normalized spacial score (nSPS) is 16.6. The molecule has 0 radical (unpaired) electrons. The number of hydrogen-bond donors (Lipinski definition) is 1. The molecule has 0 aliphatic carbocycles. The van der Waals surface area contributed by atoms with Crippen molar-refractivity contribution in [3.63, 3.8) is 0 Å². The van der Waals surface area contributed by atoms with Crippen LogP contribution in [0.25, 0.3) is 0 Å². The molecular formula is C17H22N4O3S. The van der Waals surface area contributed by atoms with Gasteiger partial charge in [0, 0.05) is 18.7 Å². The lowest BCUT2D eigenvalue weighted by molar-refractivity contribution is 0.0817. The summed E-state index contributed by atoms with van der Waals surface area (Å²) in [6, 6.07) is 7.50. The maximum absolute atomic E-state index is 12.8. The summed E-state index contributed by atoms with van der Waals surface area (Å²) >= 11 is 1.35. The number of amides is 2. The predicted octanol–water partition coefficient (Wildman–Crippen LogP) is 3.07. The van der Waals surface area contributed by atoms with E-state index in [0.717, 1.165) is 35.8 Å². The first-order chi connectivity index (χ1) is 12.2. The largest absolute Gasteiger partial charge is 0.496 e. The number of anilines is 1. The number of hydrogen-bond acceptors (Lipinski definition) is 6. The third-order valence-corrected chi connectivity index (χ3v) is 4.78. The Labute approximate surface area is 151 Å². The van der Waals surface area contributed by atoms with E-state index in [0.29, 0.717) is 18.2 Å². The number of rotatable bonds is 6. The lowest BCUT2D eigenvalue weighted by atomic mass is 10.1. The van der Waals surface area contributed by atoms with Crippen LogP contribution >= 0.6 is 11.3 Å². The first kappa shape index (κ1) is 17.6. The van der Waals surface area contributed by atoms with Crippen molar-refractivity contribution in [2.24, 2.45) is 0 Å². The number of carbonyl (C=O) groups is 1. The molecule has 1 fully saturated rings. The molecule has 134 valence electrons. The van der Waals surface area contributed by atoms with Crippen molar-refractivity contribution in [1.82, 2.24) is 15.1 Å². The second kappa shape index (κ2) is 8.26. The van der Waals surface area contributed by atoms with E-state index in [9.17, 15) is 4.79 Å². The Morgan fingerprint density at radius 2 is 2.28 bits per heavy atom. The Bertz CT molecular complexity index is 715. The number of ether oxygens (including phenoxy) is 2. The fraction of sp³-hybridized carbons (Fsp3) is 0.471. The van der Waals surface area contributed by atoms with Gasteiger partial charge in [0.1, 0.15) is 10.8 Å². The Hall–Kier alpha value is -2.19. The van der Waals surface area contributed by atoms with Gasteiger partial charge in [-0.05, 0) is 25.8 Å². The van der Waals surface area contributed by atoms with Crippen LogP contribution in [-0.2, 0) is 11.3 Å². The lowest BCUT2D eigenvalue weighted by Crippen LogP contribution is -2.39. The molecule has 0 spiro atoms. The highest BCUT2D eigenvalue weighted by atomic mass is 32.1. The van der Waals surface area contributed by atoms with E-state index < -0.39 is 0 Å². The zero-order chi connectivity index (χ0) is 17.6.